The van der Waals surface area contributed by atoms with Crippen LogP contribution in [0.1, 0.15) is 30.4 Å². The Bertz CT molecular complexity index is 719. The van der Waals surface area contributed by atoms with E-state index in [2.05, 4.69) is 4.74 Å². The molecule has 0 fully saturated rings. The van der Waals surface area contributed by atoms with Crippen LogP contribution in [0.3, 0.4) is 0 Å². The molecule has 0 aromatic heterocycles. The number of hydrogen-bond donors (Lipinski definition) is 0. The second kappa shape index (κ2) is 5.34. The van der Waals surface area contributed by atoms with Crippen molar-refractivity contribution in [3.63, 3.8) is 0 Å². The smallest absolute Gasteiger partial charge is 0.243 e. The summed E-state index contributed by atoms with van der Waals surface area (Å²) in [5, 5.41) is 10.8. The van der Waals surface area contributed by atoms with Gasteiger partial charge in [0.2, 0.25) is 5.70 Å². The highest BCUT2D eigenvalue weighted by atomic mass is 16.6. The van der Waals surface area contributed by atoms with Crippen LogP contribution in [0.4, 0.5) is 0 Å². The van der Waals surface area contributed by atoms with Crippen LogP contribution in [0.2, 0.25) is 0 Å². The minimum absolute atomic E-state index is 0.220. The fourth-order valence-corrected chi connectivity index (χ4v) is 1.14. The first kappa shape index (κ1) is 5.08. The van der Waals surface area contributed by atoms with E-state index in [4.69, 9.17) is 17.1 Å². The Morgan fingerprint density at radius 2 is 2.12 bits per heavy atom. The number of rotatable bonds is 4. The van der Waals surface area contributed by atoms with E-state index in [9.17, 15) is 10.1 Å². The monoisotopic (exact) mass is 246 g/mol. The van der Waals surface area contributed by atoms with Crippen molar-refractivity contribution in [2.45, 2.75) is 13.8 Å². The van der Waals surface area contributed by atoms with E-state index >= 15 is 0 Å². The highest BCUT2D eigenvalue weighted by Crippen LogP contribution is 2.29. The first-order valence-electron chi connectivity index (χ1n) is 8.89. The molecule has 0 atom stereocenters. The third kappa shape index (κ3) is 2.96. The number of ether oxygens (including phenoxy) is 2. The Balaban J connectivity index is 3.71. The molecule has 92 valence electrons. The predicted octanol–water partition coefficient (Wildman–Crippen LogP) is 2.65. The van der Waals surface area contributed by atoms with Crippen LogP contribution in [0.25, 0.3) is 6.08 Å². The molecule has 5 nitrogen and oxygen atoms in total. The van der Waals surface area contributed by atoms with Gasteiger partial charge < -0.3 is 9.47 Å². The van der Waals surface area contributed by atoms with Crippen LogP contribution >= 0.6 is 0 Å². The number of aryl methyl sites for hydroxylation is 1. The quantitative estimate of drug-likeness (QED) is 0.605. The van der Waals surface area contributed by atoms with Gasteiger partial charge in [-0.25, -0.2) is 0 Å². The van der Waals surface area contributed by atoms with E-state index in [0.717, 1.165) is 25.1 Å². The highest BCUT2D eigenvalue weighted by Gasteiger charge is 2.10. The molecule has 0 amide bonds. The minimum Gasteiger partial charge on any atom is -0.496 e. The molecular formula is C12H15NO4. The third-order valence-electron chi connectivity index (χ3n) is 1.98. The van der Waals surface area contributed by atoms with Crippen LogP contribution in [0.5, 0.6) is 11.5 Å². The Morgan fingerprint density at radius 1 is 1.41 bits per heavy atom. The van der Waals surface area contributed by atoms with Gasteiger partial charge in [-0.3, -0.25) is 10.1 Å². The van der Waals surface area contributed by atoms with Crippen molar-refractivity contribution in [3.8, 4) is 11.5 Å². The van der Waals surface area contributed by atoms with Crippen molar-refractivity contribution in [2.75, 3.05) is 14.1 Å². The third-order valence-corrected chi connectivity index (χ3v) is 1.98. The second-order valence-corrected chi connectivity index (χ2v) is 3.13. The van der Waals surface area contributed by atoms with E-state index in [0.29, 0.717) is 0 Å². The summed E-state index contributed by atoms with van der Waals surface area (Å²) in [7, 11) is -5.96. The molecule has 5 heteroatoms. The fourth-order valence-electron chi connectivity index (χ4n) is 1.14. The van der Waals surface area contributed by atoms with Gasteiger partial charge in [0.1, 0.15) is 11.5 Å². The average molecular weight is 246 g/mol. The van der Waals surface area contributed by atoms with Gasteiger partial charge in [0.15, 0.2) is 0 Å². The number of nitro groups is 1. The average Bonchev–Trinajstić information content (AvgIpc) is 2.36. The molecule has 0 saturated carbocycles. The zero-order chi connectivity index (χ0) is 20.5. The highest BCUT2D eigenvalue weighted by molar-refractivity contribution is 5.62. The Morgan fingerprint density at radius 3 is 2.71 bits per heavy atom. The van der Waals surface area contributed by atoms with Gasteiger partial charge in [-0.2, -0.15) is 0 Å². The zero-order valence-electron chi connectivity index (χ0n) is 17.8. The molecule has 0 heterocycles. The van der Waals surface area contributed by atoms with Gasteiger partial charge >= 0.3 is 0 Å². The predicted molar refractivity (Wildman–Crippen MR) is 64.9 cm³/mol. The maximum atomic E-state index is 10.8. The molecule has 1 rings (SSSR count). The number of hydrogen-bond acceptors (Lipinski definition) is 4. The number of methoxy groups -OCH3 is 2. The Hall–Kier alpha value is -2.04. The van der Waals surface area contributed by atoms with Crippen LogP contribution in [0.15, 0.2) is 17.8 Å². The lowest BCUT2D eigenvalue weighted by Gasteiger charge is -2.10. The van der Waals surface area contributed by atoms with Gasteiger partial charge in [-0.05, 0) is 24.5 Å². The summed E-state index contributed by atoms with van der Waals surface area (Å²) in [6, 6.07) is 1.65. The Labute approximate surface area is 112 Å². The number of allylic oxidation sites excluding steroid dienone is 1. The summed E-state index contributed by atoms with van der Waals surface area (Å²) >= 11 is 0. The van der Waals surface area contributed by atoms with Crippen LogP contribution in [-0.4, -0.2) is 19.0 Å². The molecule has 0 unspecified atom stereocenters. The molecular weight excluding hydrogens is 222 g/mol. The molecule has 0 bridgehead atoms. The fraction of sp³-hybridized carbons (Fsp3) is 0.333. The van der Waals surface area contributed by atoms with Crippen molar-refractivity contribution in [1.82, 2.24) is 0 Å². The molecule has 0 spiro atoms. The van der Waals surface area contributed by atoms with Crippen molar-refractivity contribution < 1.29 is 26.7 Å². The molecule has 1 aromatic carbocycles. The maximum absolute atomic E-state index is 10.8. The van der Waals surface area contributed by atoms with Crippen molar-refractivity contribution in [1.29, 1.82) is 0 Å². The van der Waals surface area contributed by atoms with Crippen LogP contribution in [-0.2, 0) is 0 Å². The molecule has 17 heavy (non-hydrogen) atoms. The number of benzene rings is 1. The zero-order valence-corrected chi connectivity index (χ0v) is 8.81. The van der Waals surface area contributed by atoms with Gasteiger partial charge in [0.05, 0.1) is 27.2 Å². The first-order valence-corrected chi connectivity index (χ1v) is 4.39. The number of nitrogens with zero attached hydrogens (tertiary/aromatic N) is 1. The molecule has 0 N–H and O–H groups in total. The van der Waals surface area contributed by atoms with Crippen molar-refractivity contribution in [3.05, 3.63) is 39.1 Å². The summed E-state index contributed by atoms with van der Waals surface area (Å²) in [5.41, 5.74) is -1.24. The van der Waals surface area contributed by atoms with E-state index < -0.39 is 48.6 Å². The second-order valence-electron chi connectivity index (χ2n) is 3.13. The van der Waals surface area contributed by atoms with Gasteiger partial charge in [-0.1, -0.05) is 0 Å². The van der Waals surface area contributed by atoms with Gasteiger partial charge in [0.25, 0.3) is 0 Å². The molecule has 0 aliphatic heterocycles. The summed E-state index contributed by atoms with van der Waals surface area (Å²) in [6.07, 6.45) is 0.913. The van der Waals surface area contributed by atoms with Crippen molar-refractivity contribution in [2.24, 2.45) is 0 Å². The van der Waals surface area contributed by atoms with Gasteiger partial charge in [0, 0.05) is 22.7 Å². The minimum atomic E-state index is -2.99. The molecule has 1 aromatic rings. The molecule has 0 saturated heterocycles. The first-order chi connectivity index (χ1) is 11.5. The molecule has 0 aliphatic rings. The molecule has 0 radical (unpaired) electrons. The van der Waals surface area contributed by atoms with E-state index in [1.165, 1.54) is 0 Å². The summed E-state index contributed by atoms with van der Waals surface area (Å²) < 4.78 is 74.7. The van der Waals surface area contributed by atoms with Gasteiger partial charge in [-0.15, -0.1) is 0 Å². The van der Waals surface area contributed by atoms with Crippen molar-refractivity contribution >= 4 is 6.08 Å². The topological polar surface area (TPSA) is 61.6 Å². The van der Waals surface area contributed by atoms with E-state index in [1.54, 1.807) is 0 Å². The summed E-state index contributed by atoms with van der Waals surface area (Å²) in [5.74, 6) is -1.08. The maximum Gasteiger partial charge on any atom is 0.243 e. The van der Waals surface area contributed by atoms with Crippen LogP contribution in [0, 0.1) is 17.0 Å². The lowest BCUT2D eigenvalue weighted by Crippen LogP contribution is -1.96. The lowest BCUT2D eigenvalue weighted by molar-refractivity contribution is -0.422. The standard InChI is InChI=1S/C12H15NO4/c1-8-5-12(17-4)10(7-11(8)16-3)6-9(2)13(14)15/h5-7H,1-4H3/i1D3,3D3,4D3. The normalized spacial score (nSPS) is 21.2. The van der Waals surface area contributed by atoms with E-state index in [1.807, 2.05) is 0 Å². The Kier molecular flexibility index (Phi) is 1.59. The SMILES string of the molecule is [2H]C([2H])([2H])Oc1cc(C([2H])([2H])[2H])c(OC([2H])([2H])[2H])cc1C=C(C)[N+](=O)[O-]. The van der Waals surface area contributed by atoms with E-state index in [-0.39, 0.29) is 5.56 Å². The lowest BCUT2D eigenvalue weighted by atomic mass is 10.1. The largest absolute Gasteiger partial charge is 0.496 e. The molecule has 0 aliphatic carbocycles. The van der Waals surface area contributed by atoms with Crippen LogP contribution < -0.4 is 9.47 Å². The summed E-state index contributed by atoms with van der Waals surface area (Å²) in [6.45, 7) is -1.74. The summed E-state index contributed by atoms with van der Waals surface area (Å²) in [4.78, 5) is 10.1.